The van der Waals surface area contributed by atoms with Crippen molar-refractivity contribution in [2.75, 3.05) is 46.4 Å². The second kappa shape index (κ2) is 19.6. The number of alkyl carbamates (subject to hydrolysis) is 2. The van der Waals surface area contributed by atoms with E-state index in [9.17, 15) is 19.2 Å². The molecule has 4 amide bonds. The number of benzene rings is 3. The van der Waals surface area contributed by atoms with Crippen molar-refractivity contribution in [3.63, 3.8) is 0 Å². The zero-order valence-corrected chi connectivity index (χ0v) is 40.1. The molecule has 0 bridgehead atoms. The van der Waals surface area contributed by atoms with E-state index in [0.717, 1.165) is 77.4 Å². The van der Waals surface area contributed by atoms with Crippen LogP contribution in [-0.4, -0.2) is 120 Å². The first-order valence-electron chi connectivity index (χ1n) is 23.4. The normalized spacial score (nSPS) is 21.7. The molecule has 0 radical (unpaired) electrons. The van der Waals surface area contributed by atoms with Crippen LogP contribution in [0.3, 0.4) is 0 Å². The Bertz CT molecular complexity index is 2440. The van der Waals surface area contributed by atoms with E-state index in [1.165, 1.54) is 34.0 Å². The first kappa shape index (κ1) is 47.3. The summed E-state index contributed by atoms with van der Waals surface area (Å²) in [6.07, 6.45) is 2.33. The lowest BCUT2D eigenvalue weighted by atomic mass is 9.87. The van der Waals surface area contributed by atoms with Gasteiger partial charge in [0.05, 0.1) is 72.7 Å². The second-order valence-electron chi connectivity index (χ2n) is 19.1. The number of carbonyl (C=O) groups excluding carboxylic acids is 4. The summed E-state index contributed by atoms with van der Waals surface area (Å²) in [7, 11) is 5.56. The van der Waals surface area contributed by atoms with Gasteiger partial charge in [-0.05, 0) is 111 Å². The molecule has 2 aromatic heterocycles. The van der Waals surface area contributed by atoms with Gasteiger partial charge in [0.25, 0.3) is 0 Å². The number of nitrogens with zero attached hydrogens (tertiary/aromatic N) is 5. The van der Waals surface area contributed by atoms with Gasteiger partial charge < -0.3 is 54.2 Å². The molecule has 3 aliphatic rings. The number of ether oxygens (including phenoxy) is 4. The zero-order valence-electron chi connectivity index (χ0n) is 40.1. The predicted octanol–water partition coefficient (Wildman–Crippen LogP) is 7.67. The number of methoxy groups -OCH3 is 4. The fourth-order valence-corrected chi connectivity index (χ4v) is 10.2. The summed E-state index contributed by atoms with van der Waals surface area (Å²) in [5.74, 6) is 0.922. The molecule has 17 heteroatoms. The van der Waals surface area contributed by atoms with Crippen LogP contribution >= 0.6 is 0 Å². The largest absolute Gasteiger partial charge is 0.453 e. The fourth-order valence-electron chi connectivity index (χ4n) is 10.2. The van der Waals surface area contributed by atoms with Gasteiger partial charge in [-0.1, -0.05) is 45.0 Å². The molecule has 0 aliphatic carbocycles. The molecule has 4 N–H and O–H groups in total. The summed E-state index contributed by atoms with van der Waals surface area (Å²) in [5.41, 5.74) is 8.09. The molecule has 3 fully saturated rings. The number of carbonyl (C=O) groups is 4. The minimum absolute atomic E-state index is 0.00428. The van der Waals surface area contributed by atoms with Crippen molar-refractivity contribution in [1.29, 1.82) is 0 Å². The first-order valence-corrected chi connectivity index (χ1v) is 23.4. The Hall–Kier alpha value is -6.20. The van der Waals surface area contributed by atoms with Crippen molar-refractivity contribution in [2.24, 2.45) is 0 Å². The Morgan fingerprint density at radius 1 is 0.627 bits per heavy atom. The number of hydrogen-bond acceptors (Lipinski definition) is 11. The number of hydrogen-bond donors (Lipinski definition) is 4. The van der Waals surface area contributed by atoms with Gasteiger partial charge in [-0.2, -0.15) is 0 Å². The standard InChI is InChI=1S/C50H65N9O8/c1-28(64-6)42(55-48(62)66-8)46(60)57-24-10-12-40(57)44-51-34-20-14-30(26-36(34)53-44)38-22-23-39(59(38)33-18-16-32(17-19-33)50(3,4)5)31-15-21-35-37(27-31)54-45(52-35)41-13-11-25-58(41)47(61)43(29(2)65-7)56-49(63)67-9/h14-21,26-29,38-43H,10-13,22-25H2,1-9H3,(H,51,53)(H,52,54)(H,55,62)(H,56,63)/t28-,29-,38-,39-,40+,41+,42+,43+/m1/s1. The molecule has 3 aliphatic heterocycles. The van der Waals surface area contributed by atoms with Gasteiger partial charge in [-0.3, -0.25) is 9.59 Å². The van der Waals surface area contributed by atoms with Crippen LogP contribution in [0, 0.1) is 0 Å². The summed E-state index contributed by atoms with van der Waals surface area (Å²) < 4.78 is 20.6. The molecule has 3 saturated heterocycles. The number of anilines is 1. The maximum Gasteiger partial charge on any atom is 0.407 e. The van der Waals surface area contributed by atoms with Crippen LogP contribution in [0.25, 0.3) is 22.1 Å². The first-order chi connectivity index (χ1) is 32.1. The smallest absolute Gasteiger partial charge is 0.407 e. The summed E-state index contributed by atoms with van der Waals surface area (Å²) >= 11 is 0. The number of aromatic nitrogens is 4. The summed E-state index contributed by atoms with van der Waals surface area (Å²) in [5, 5.41) is 5.33. The van der Waals surface area contributed by atoms with Crippen LogP contribution in [0.1, 0.15) is 126 Å². The lowest BCUT2D eigenvalue weighted by Crippen LogP contribution is -2.54. The number of imidazole rings is 2. The Labute approximate surface area is 391 Å². The number of nitrogens with one attached hydrogen (secondary N) is 4. The highest BCUT2D eigenvalue weighted by molar-refractivity contribution is 5.88. The summed E-state index contributed by atoms with van der Waals surface area (Å²) in [6, 6.07) is 19.5. The molecular formula is C50H65N9O8. The SMILES string of the molecule is COC(=O)N[C@H](C(=O)N1CCC[C@H]1c1nc2ccc([C@H]3CC[C@H](c4ccc5nc([C@@H]6CCCN6C(=O)[C@@H](NC(=O)OC)[C@@H](C)OC)[nH]c5c4)N3c3ccc(C(C)(C)C)cc3)cc2[nH]1)[C@@H](C)OC. The maximum absolute atomic E-state index is 14.0. The van der Waals surface area contributed by atoms with E-state index in [0.29, 0.717) is 24.7 Å². The highest BCUT2D eigenvalue weighted by Crippen LogP contribution is 2.48. The lowest BCUT2D eigenvalue weighted by Gasteiger charge is -2.34. The van der Waals surface area contributed by atoms with Gasteiger partial charge in [-0.25, -0.2) is 19.6 Å². The molecule has 5 aromatic rings. The number of aromatic amines is 2. The number of amides is 4. The van der Waals surface area contributed by atoms with Crippen molar-refractivity contribution in [3.8, 4) is 0 Å². The molecule has 0 unspecified atom stereocenters. The van der Waals surface area contributed by atoms with Crippen molar-refractivity contribution in [1.82, 2.24) is 40.4 Å². The predicted molar refractivity (Wildman–Crippen MR) is 253 cm³/mol. The van der Waals surface area contributed by atoms with E-state index in [2.05, 4.69) is 107 Å². The van der Waals surface area contributed by atoms with E-state index in [4.69, 9.17) is 28.9 Å². The molecule has 17 nitrogen and oxygen atoms in total. The molecule has 5 heterocycles. The number of fused-ring (bicyclic) bond motifs is 2. The third kappa shape index (κ3) is 9.53. The Kier molecular flexibility index (Phi) is 13.8. The Balaban J connectivity index is 1.08. The maximum atomic E-state index is 14.0. The quantitative estimate of drug-likeness (QED) is 0.0905. The lowest BCUT2D eigenvalue weighted by molar-refractivity contribution is -0.138. The monoisotopic (exact) mass is 919 g/mol. The molecule has 8 atom stereocenters. The number of H-pyrrole nitrogens is 2. The molecule has 67 heavy (non-hydrogen) atoms. The fraction of sp³-hybridized carbons (Fsp3) is 0.520. The zero-order chi connectivity index (χ0) is 47.7. The topological polar surface area (TPSA) is 196 Å². The van der Waals surface area contributed by atoms with Crippen LogP contribution in [0.15, 0.2) is 60.7 Å². The highest BCUT2D eigenvalue weighted by Gasteiger charge is 2.41. The van der Waals surface area contributed by atoms with E-state index < -0.39 is 36.5 Å². The van der Waals surface area contributed by atoms with Crippen LogP contribution < -0.4 is 15.5 Å². The molecule has 358 valence electrons. The van der Waals surface area contributed by atoms with Crippen LogP contribution in [-0.2, 0) is 34.0 Å². The van der Waals surface area contributed by atoms with Crippen LogP contribution in [0.4, 0.5) is 15.3 Å². The van der Waals surface area contributed by atoms with E-state index in [1.807, 2.05) is 0 Å². The summed E-state index contributed by atoms with van der Waals surface area (Å²) in [6.45, 7) is 11.2. The second-order valence-corrected chi connectivity index (χ2v) is 19.1. The number of rotatable bonds is 13. The van der Waals surface area contributed by atoms with Gasteiger partial charge in [0.2, 0.25) is 11.8 Å². The van der Waals surface area contributed by atoms with Gasteiger partial charge >= 0.3 is 12.2 Å². The summed E-state index contributed by atoms with van der Waals surface area (Å²) in [4.78, 5) is 75.7. The average Bonchev–Trinajstić information content (AvgIpc) is 4.19. The molecule has 0 spiro atoms. The number of likely N-dealkylation sites (tertiary alicyclic amines) is 2. The van der Waals surface area contributed by atoms with Gasteiger partial charge in [-0.15, -0.1) is 0 Å². The third-order valence-corrected chi connectivity index (χ3v) is 14.1. The van der Waals surface area contributed by atoms with Crippen molar-refractivity contribution < 1.29 is 38.1 Å². The average molecular weight is 920 g/mol. The van der Waals surface area contributed by atoms with E-state index in [-0.39, 0.29) is 41.4 Å². The van der Waals surface area contributed by atoms with E-state index >= 15 is 0 Å². The van der Waals surface area contributed by atoms with Crippen LogP contribution in [0.2, 0.25) is 0 Å². The van der Waals surface area contributed by atoms with Gasteiger partial charge in [0.15, 0.2) is 0 Å². The van der Waals surface area contributed by atoms with Crippen molar-refractivity contribution in [2.45, 2.75) is 127 Å². The minimum atomic E-state index is -0.918. The molecule has 0 saturated carbocycles. The highest BCUT2D eigenvalue weighted by atomic mass is 16.5. The molecular weight excluding hydrogens is 855 g/mol. The van der Waals surface area contributed by atoms with Gasteiger partial charge in [0.1, 0.15) is 23.7 Å². The third-order valence-electron chi connectivity index (χ3n) is 14.1. The van der Waals surface area contributed by atoms with E-state index in [1.54, 1.807) is 23.6 Å². The van der Waals surface area contributed by atoms with Gasteiger partial charge in [0, 0.05) is 33.0 Å². The Morgan fingerprint density at radius 3 is 1.45 bits per heavy atom. The van der Waals surface area contributed by atoms with Crippen LogP contribution in [0.5, 0.6) is 0 Å². The van der Waals surface area contributed by atoms with Crippen molar-refractivity contribution >= 4 is 51.8 Å². The molecule has 3 aromatic carbocycles. The molecule has 8 rings (SSSR count). The minimum Gasteiger partial charge on any atom is -0.453 e. The Morgan fingerprint density at radius 2 is 1.06 bits per heavy atom. The van der Waals surface area contributed by atoms with Crippen molar-refractivity contribution in [3.05, 3.63) is 89.0 Å².